The first-order chi connectivity index (χ1) is 12.1. The summed E-state index contributed by atoms with van der Waals surface area (Å²) in [6.07, 6.45) is 20.5. The van der Waals surface area contributed by atoms with E-state index in [0.717, 1.165) is 29.8 Å². The maximum atomic E-state index is 4.53. The minimum Gasteiger partial charge on any atom is -0.368 e. The van der Waals surface area contributed by atoms with E-state index in [2.05, 4.69) is 51.1 Å². The van der Waals surface area contributed by atoms with Gasteiger partial charge < -0.3 is 4.90 Å². The molecule has 1 aliphatic heterocycles. The first kappa shape index (κ1) is 15.2. The van der Waals surface area contributed by atoms with E-state index < -0.39 is 0 Å². The topological polar surface area (TPSA) is 29.0 Å². The Hall–Kier alpha value is -2.08. The molecule has 0 spiro atoms. The Morgan fingerprint density at radius 1 is 1.12 bits per heavy atom. The molecule has 3 nitrogen and oxygen atoms in total. The first-order valence-corrected chi connectivity index (χ1v) is 9.57. The van der Waals surface area contributed by atoms with Crippen LogP contribution in [0.3, 0.4) is 0 Å². The van der Waals surface area contributed by atoms with Crippen LogP contribution in [0.15, 0.2) is 36.8 Å². The lowest BCUT2D eigenvalue weighted by molar-refractivity contribution is -0.0936. The summed E-state index contributed by atoms with van der Waals surface area (Å²) >= 11 is 0. The van der Waals surface area contributed by atoms with E-state index in [-0.39, 0.29) is 5.41 Å². The number of aromatic nitrogens is 2. The molecule has 1 aromatic rings. The number of allylic oxidation sites excluding steroid dienone is 2. The van der Waals surface area contributed by atoms with Crippen LogP contribution < -0.4 is 0 Å². The average molecular weight is 331 g/mol. The van der Waals surface area contributed by atoms with Gasteiger partial charge in [-0.1, -0.05) is 18.1 Å². The van der Waals surface area contributed by atoms with Gasteiger partial charge in [0.25, 0.3) is 0 Å². The van der Waals surface area contributed by atoms with Crippen molar-refractivity contribution in [3.05, 3.63) is 48.2 Å². The molecule has 2 atom stereocenters. The monoisotopic (exact) mass is 331 g/mol. The molecular formula is C22H25N3. The quantitative estimate of drug-likeness (QED) is 0.732. The van der Waals surface area contributed by atoms with Crippen LogP contribution in [0.1, 0.15) is 49.9 Å². The van der Waals surface area contributed by atoms with Crippen LogP contribution in [-0.2, 0) is 0 Å². The Labute approximate surface area is 150 Å². The molecule has 2 heterocycles. The van der Waals surface area contributed by atoms with E-state index in [1.807, 2.05) is 6.92 Å². The van der Waals surface area contributed by atoms with Gasteiger partial charge in [0.05, 0.1) is 11.9 Å². The van der Waals surface area contributed by atoms with Gasteiger partial charge in [0.2, 0.25) is 0 Å². The van der Waals surface area contributed by atoms with Crippen LogP contribution in [0, 0.1) is 36.0 Å². The third-order valence-corrected chi connectivity index (χ3v) is 6.67. The van der Waals surface area contributed by atoms with Gasteiger partial charge in [0.15, 0.2) is 0 Å². The number of hydrogen-bond donors (Lipinski definition) is 0. The van der Waals surface area contributed by atoms with Gasteiger partial charge in [-0.05, 0) is 75.5 Å². The van der Waals surface area contributed by atoms with Crippen LogP contribution in [0.5, 0.6) is 0 Å². The SMILES string of the molecule is Cc1cncc(C#CC23CC4CC(C2)CC(N2C=CC=CC2)(C4)C3)n1. The number of nitrogens with zero attached hydrogens (tertiary/aromatic N) is 3. The third-order valence-electron chi connectivity index (χ3n) is 6.67. The second-order valence-electron chi connectivity index (χ2n) is 8.68. The van der Waals surface area contributed by atoms with Crippen LogP contribution in [0.2, 0.25) is 0 Å². The summed E-state index contributed by atoms with van der Waals surface area (Å²) < 4.78 is 0. The zero-order valence-electron chi connectivity index (χ0n) is 14.9. The van der Waals surface area contributed by atoms with Gasteiger partial charge in [0, 0.05) is 23.7 Å². The normalized spacial score (nSPS) is 37.9. The highest BCUT2D eigenvalue weighted by atomic mass is 15.2. The van der Waals surface area contributed by atoms with E-state index in [0.29, 0.717) is 5.54 Å². The zero-order chi connectivity index (χ0) is 16.9. The Kier molecular flexibility index (Phi) is 3.32. The van der Waals surface area contributed by atoms with Gasteiger partial charge in [0.1, 0.15) is 5.69 Å². The van der Waals surface area contributed by atoms with Gasteiger partial charge >= 0.3 is 0 Å². The minimum absolute atomic E-state index is 0.185. The maximum absolute atomic E-state index is 4.53. The highest BCUT2D eigenvalue weighted by Gasteiger charge is 2.58. The molecule has 25 heavy (non-hydrogen) atoms. The predicted octanol–water partition coefficient (Wildman–Crippen LogP) is 3.86. The minimum atomic E-state index is 0.185. The molecule has 1 aromatic heterocycles. The average Bonchev–Trinajstić information content (AvgIpc) is 2.60. The molecule has 0 amide bonds. The van der Waals surface area contributed by atoms with Gasteiger partial charge in [-0.15, -0.1) is 0 Å². The molecule has 128 valence electrons. The first-order valence-electron chi connectivity index (χ1n) is 9.57. The van der Waals surface area contributed by atoms with Crippen molar-refractivity contribution in [1.82, 2.24) is 14.9 Å². The smallest absolute Gasteiger partial charge is 0.131 e. The molecule has 0 radical (unpaired) electrons. The third kappa shape index (κ3) is 2.59. The van der Waals surface area contributed by atoms with Gasteiger partial charge in [-0.25, -0.2) is 4.98 Å². The molecular weight excluding hydrogens is 306 g/mol. The summed E-state index contributed by atoms with van der Waals surface area (Å²) in [4.78, 5) is 11.4. The summed E-state index contributed by atoms with van der Waals surface area (Å²) in [6, 6.07) is 0. The van der Waals surface area contributed by atoms with Crippen molar-refractivity contribution in [2.75, 3.05) is 6.54 Å². The van der Waals surface area contributed by atoms with Crippen molar-refractivity contribution >= 4 is 0 Å². The molecule has 3 heteroatoms. The second kappa shape index (κ2) is 5.46. The van der Waals surface area contributed by atoms with E-state index in [1.165, 1.54) is 38.5 Å². The van der Waals surface area contributed by atoms with Crippen molar-refractivity contribution in [3.8, 4) is 11.8 Å². The van der Waals surface area contributed by atoms with Crippen molar-refractivity contribution in [2.45, 2.75) is 51.0 Å². The van der Waals surface area contributed by atoms with Crippen LogP contribution in [0.25, 0.3) is 0 Å². The molecule has 2 unspecified atom stereocenters. The predicted molar refractivity (Wildman–Crippen MR) is 98.5 cm³/mol. The number of aryl methyl sites for hydroxylation is 1. The summed E-state index contributed by atoms with van der Waals surface area (Å²) in [7, 11) is 0. The van der Waals surface area contributed by atoms with E-state index in [4.69, 9.17) is 0 Å². The fourth-order valence-corrected chi connectivity index (χ4v) is 6.24. The van der Waals surface area contributed by atoms with Crippen molar-refractivity contribution in [2.24, 2.45) is 17.3 Å². The maximum Gasteiger partial charge on any atom is 0.131 e. The molecule has 4 aliphatic carbocycles. The number of rotatable bonds is 1. The van der Waals surface area contributed by atoms with Gasteiger partial charge in [-0.2, -0.15) is 0 Å². The molecule has 4 fully saturated rings. The Bertz CT molecular complexity index is 796. The Morgan fingerprint density at radius 2 is 1.96 bits per heavy atom. The van der Waals surface area contributed by atoms with E-state index in [9.17, 15) is 0 Å². The Morgan fingerprint density at radius 3 is 2.68 bits per heavy atom. The highest BCUT2D eigenvalue weighted by Crippen LogP contribution is 2.63. The molecule has 0 saturated heterocycles. The standard InChI is InChI=1S/C22H25N3/c1-17-14-23-15-20(24-17)5-6-21-10-18-9-19(11-21)13-22(12-18,16-21)25-7-3-2-4-8-25/h2-4,7,14-15,18-19H,8-13,16H2,1H3. The summed E-state index contributed by atoms with van der Waals surface area (Å²) in [6.45, 7) is 3.04. The molecule has 0 aromatic carbocycles. The fraction of sp³-hybridized carbons (Fsp3) is 0.545. The van der Waals surface area contributed by atoms with Gasteiger partial charge in [-0.3, -0.25) is 4.98 Å². The zero-order valence-corrected chi connectivity index (χ0v) is 14.9. The fourth-order valence-electron chi connectivity index (χ4n) is 6.24. The van der Waals surface area contributed by atoms with Crippen LogP contribution in [0.4, 0.5) is 0 Å². The largest absolute Gasteiger partial charge is 0.368 e. The van der Waals surface area contributed by atoms with Crippen molar-refractivity contribution in [3.63, 3.8) is 0 Å². The summed E-state index contributed by atoms with van der Waals surface area (Å²) in [5.74, 6) is 8.79. The van der Waals surface area contributed by atoms with E-state index in [1.54, 1.807) is 12.4 Å². The molecule has 5 aliphatic rings. The van der Waals surface area contributed by atoms with Crippen LogP contribution >= 0.6 is 0 Å². The second-order valence-corrected chi connectivity index (χ2v) is 8.68. The molecule has 4 bridgehead atoms. The summed E-state index contributed by atoms with van der Waals surface area (Å²) in [5, 5.41) is 0. The highest BCUT2D eigenvalue weighted by molar-refractivity contribution is 5.32. The van der Waals surface area contributed by atoms with Crippen LogP contribution in [-0.4, -0.2) is 27.0 Å². The Balaban J connectivity index is 1.48. The van der Waals surface area contributed by atoms with Crippen molar-refractivity contribution < 1.29 is 0 Å². The van der Waals surface area contributed by atoms with E-state index >= 15 is 0 Å². The lowest BCUT2D eigenvalue weighted by Gasteiger charge is -2.63. The number of hydrogen-bond acceptors (Lipinski definition) is 3. The molecule has 0 N–H and O–H groups in total. The molecule has 4 saturated carbocycles. The lowest BCUT2D eigenvalue weighted by atomic mass is 9.46. The summed E-state index contributed by atoms with van der Waals surface area (Å²) in [5.41, 5.74) is 2.28. The molecule has 6 rings (SSSR count). The lowest BCUT2D eigenvalue weighted by Crippen LogP contribution is -2.61. The van der Waals surface area contributed by atoms with Crippen molar-refractivity contribution in [1.29, 1.82) is 0 Å².